The Kier molecular flexibility index (Phi) is 2.53. The molecule has 0 saturated carbocycles. The lowest BCUT2D eigenvalue weighted by molar-refractivity contribution is 0.0926. The topological polar surface area (TPSA) is 57.6 Å². The van der Waals surface area contributed by atoms with Gasteiger partial charge in [-0.05, 0) is 41.8 Å². The van der Waals surface area contributed by atoms with Gasteiger partial charge in [0.2, 0.25) is 0 Å². The Hall–Kier alpha value is -3.14. The molecule has 2 amide bonds. The van der Waals surface area contributed by atoms with Crippen molar-refractivity contribution < 1.29 is 14.7 Å². The van der Waals surface area contributed by atoms with Crippen LogP contribution in [-0.4, -0.2) is 16.9 Å². The highest BCUT2D eigenvalue weighted by molar-refractivity contribution is 6.34. The molecule has 106 valence electrons. The lowest BCUT2D eigenvalue weighted by atomic mass is 10.1. The van der Waals surface area contributed by atoms with Gasteiger partial charge in [0.25, 0.3) is 11.8 Å². The maximum atomic E-state index is 12.5. The minimum absolute atomic E-state index is 0.173. The second kappa shape index (κ2) is 4.43. The number of imide groups is 1. The van der Waals surface area contributed by atoms with Gasteiger partial charge in [-0.2, -0.15) is 0 Å². The highest BCUT2D eigenvalue weighted by atomic mass is 16.3. The van der Waals surface area contributed by atoms with Crippen molar-refractivity contribution in [2.45, 2.75) is 0 Å². The van der Waals surface area contributed by atoms with E-state index in [1.807, 2.05) is 6.07 Å². The molecule has 1 N–H and O–H groups in total. The molecule has 0 fully saturated rings. The van der Waals surface area contributed by atoms with Crippen LogP contribution in [0.5, 0.6) is 5.75 Å². The lowest BCUT2D eigenvalue weighted by Gasteiger charge is -2.14. The Balaban J connectivity index is 1.87. The molecule has 4 heteroatoms. The van der Waals surface area contributed by atoms with E-state index in [9.17, 15) is 14.7 Å². The fraction of sp³-hybridized carbons (Fsp3) is 0. The Morgan fingerprint density at radius 3 is 2.14 bits per heavy atom. The third-order valence-electron chi connectivity index (χ3n) is 3.89. The summed E-state index contributed by atoms with van der Waals surface area (Å²) in [6.45, 7) is 0. The number of aromatic hydroxyl groups is 1. The number of amides is 2. The number of nitrogens with zero attached hydrogens (tertiary/aromatic N) is 1. The summed E-state index contributed by atoms with van der Waals surface area (Å²) in [6.07, 6.45) is 0. The van der Waals surface area contributed by atoms with Gasteiger partial charge in [-0.15, -0.1) is 0 Å². The van der Waals surface area contributed by atoms with Crippen LogP contribution in [0.3, 0.4) is 0 Å². The Bertz CT molecular complexity index is 911. The van der Waals surface area contributed by atoms with Gasteiger partial charge in [0.05, 0.1) is 16.8 Å². The average molecular weight is 289 g/mol. The standard InChI is InChI=1S/C18H11NO3/c20-16-7-3-4-11-10-12(8-9-13(11)16)19-17(21)14-5-1-2-6-15(14)18(19)22/h1-10,20H. The fourth-order valence-corrected chi connectivity index (χ4v) is 2.82. The first-order valence-corrected chi connectivity index (χ1v) is 6.86. The number of phenols is 1. The van der Waals surface area contributed by atoms with Crippen LogP contribution < -0.4 is 4.90 Å². The smallest absolute Gasteiger partial charge is 0.266 e. The van der Waals surface area contributed by atoms with Gasteiger partial charge in [-0.25, -0.2) is 4.90 Å². The van der Waals surface area contributed by atoms with Gasteiger partial charge in [0, 0.05) is 5.39 Å². The number of hydrogen-bond donors (Lipinski definition) is 1. The van der Waals surface area contributed by atoms with E-state index >= 15 is 0 Å². The van der Waals surface area contributed by atoms with Gasteiger partial charge in [-0.1, -0.05) is 24.3 Å². The van der Waals surface area contributed by atoms with Crippen LogP contribution in [0.4, 0.5) is 5.69 Å². The maximum absolute atomic E-state index is 12.5. The first kappa shape index (κ1) is 12.6. The predicted octanol–water partition coefficient (Wildman–Crippen LogP) is 3.35. The summed E-state index contributed by atoms with van der Waals surface area (Å²) in [4.78, 5) is 26.1. The molecule has 3 aromatic carbocycles. The van der Waals surface area contributed by atoms with Gasteiger partial charge < -0.3 is 5.11 Å². The molecule has 0 aliphatic carbocycles. The van der Waals surface area contributed by atoms with Crippen molar-refractivity contribution in [3.8, 4) is 5.75 Å². The van der Waals surface area contributed by atoms with Crippen LogP contribution in [0.1, 0.15) is 20.7 Å². The lowest BCUT2D eigenvalue weighted by Crippen LogP contribution is -2.29. The Morgan fingerprint density at radius 2 is 1.45 bits per heavy atom. The molecule has 0 atom stereocenters. The van der Waals surface area contributed by atoms with E-state index in [0.29, 0.717) is 22.2 Å². The van der Waals surface area contributed by atoms with Crippen molar-refractivity contribution in [1.82, 2.24) is 0 Å². The molecule has 22 heavy (non-hydrogen) atoms. The normalized spacial score (nSPS) is 13.7. The van der Waals surface area contributed by atoms with Gasteiger partial charge in [0.1, 0.15) is 5.75 Å². The van der Waals surface area contributed by atoms with E-state index in [4.69, 9.17) is 0 Å². The van der Waals surface area contributed by atoms with E-state index in [0.717, 1.165) is 5.39 Å². The molecule has 0 aromatic heterocycles. The molecule has 0 unspecified atom stereocenters. The molecule has 4 nitrogen and oxygen atoms in total. The number of phenolic OH excluding ortho intramolecular Hbond substituents is 1. The highest BCUT2D eigenvalue weighted by Gasteiger charge is 2.36. The SMILES string of the molecule is O=C1c2ccccc2C(=O)N1c1ccc2c(O)cccc2c1. The number of benzene rings is 3. The molecule has 0 saturated heterocycles. The summed E-state index contributed by atoms with van der Waals surface area (Å²) < 4.78 is 0. The molecule has 1 aliphatic heterocycles. The summed E-state index contributed by atoms with van der Waals surface area (Å²) in [7, 11) is 0. The van der Waals surface area contributed by atoms with Gasteiger partial charge in [-0.3, -0.25) is 9.59 Å². The van der Waals surface area contributed by atoms with Crippen LogP contribution >= 0.6 is 0 Å². The first-order chi connectivity index (χ1) is 10.7. The second-order valence-electron chi connectivity index (χ2n) is 5.17. The quantitative estimate of drug-likeness (QED) is 0.699. The van der Waals surface area contributed by atoms with Crippen molar-refractivity contribution in [2.24, 2.45) is 0 Å². The molecule has 3 aromatic rings. The minimum atomic E-state index is -0.319. The molecule has 1 heterocycles. The largest absolute Gasteiger partial charge is 0.507 e. The zero-order valence-electron chi connectivity index (χ0n) is 11.5. The van der Waals surface area contributed by atoms with Crippen molar-refractivity contribution in [3.63, 3.8) is 0 Å². The zero-order valence-corrected chi connectivity index (χ0v) is 11.5. The fourth-order valence-electron chi connectivity index (χ4n) is 2.82. The van der Waals surface area contributed by atoms with Crippen molar-refractivity contribution in [1.29, 1.82) is 0 Å². The van der Waals surface area contributed by atoms with E-state index in [2.05, 4.69) is 0 Å². The Morgan fingerprint density at radius 1 is 0.773 bits per heavy atom. The summed E-state index contributed by atoms with van der Waals surface area (Å²) in [6, 6.07) is 17.1. The highest BCUT2D eigenvalue weighted by Crippen LogP contribution is 2.32. The van der Waals surface area contributed by atoms with E-state index in [1.165, 1.54) is 4.90 Å². The number of carbonyl (C=O) groups excluding carboxylic acids is 2. The first-order valence-electron chi connectivity index (χ1n) is 6.86. The number of rotatable bonds is 1. The average Bonchev–Trinajstić information content (AvgIpc) is 2.79. The maximum Gasteiger partial charge on any atom is 0.266 e. The third-order valence-corrected chi connectivity index (χ3v) is 3.89. The monoisotopic (exact) mass is 289 g/mol. The van der Waals surface area contributed by atoms with Crippen LogP contribution in [0, 0.1) is 0 Å². The molecule has 4 rings (SSSR count). The summed E-state index contributed by atoms with van der Waals surface area (Å²) in [5.41, 5.74) is 1.34. The number of anilines is 1. The van der Waals surface area contributed by atoms with Crippen LogP contribution in [-0.2, 0) is 0 Å². The molecular formula is C18H11NO3. The van der Waals surface area contributed by atoms with Crippen molar-refractivity contribution in [3.05, 3.63) is 71.8 Å². The molecule has 0 radical (unpaired) electrons. The van der Waals surface area contributed by atoms with E-state index in [-0.39, 0.29) is 17.6 Å². The van der Waals surface area contributed by atoms with E-state index in [1.54, 1.807) is 54.6 Å². The van der Waals surface area contributed by atoms with Crippen molar-refractivity contribution in [2.75, 3.05) is 4.90 Å². The van der Waals surface area contributed by atoms with Crippen molar-refractivity contribution >= 4 is 28.3 Å². The summed E-state index contributed by atoms with van der Waals surface area (Å²) in [5.74, 6) is -0.466. The molecule has 0 spiro atoms. The van der Waals surface area contributed by atoms with Gasteiger partial charge >= 0.3 is 0 Å². The number of hydrogen-bond acceptors (Lipinski definition) is 3. The molecular weight excluding hydrogens is 278 g/mol. The zero-order chi connectivity index (χ0) is 15.3. The minimum Gasteiger partial charge on any atom is -0.507 e. The summed E-state index contributed by atoms with van der Waals surface area (Å²) in [5, 5.41) is 11.3. The Labute approximate surface area is 126 Å². The second-order valence-corrected chi connectivity index (χ2v) is 5.17. The predicted molar refractivity (Wildman–Crippen MR) is 83.2 cm³/mol. The molecule has 1 aliphatic rings. The number of fused-ring (bicyclic) bond motifs is 2. The number of carbonyl (C=O) groups is 2. The van der Waals surface area contributed by atoms with E-state index < -0.39 is 0 Å². The van der Waals surface area contributed by atoms with Crippen LogP contribution in [0.2, 0.25) is 0 Å². The molecule has 0 bridgehead atoms. The van der Waals surface area contributed by atoms with Gasteiger partial charge in [0.15, 0.2) is 0 Å². The van der Waals surface area contributed by atoms with Crippen LogP contribution in [0.15, 0.2) is 60.7 Å². The summed E-state index contributed by atoms with van der Waals surface area (Å²) >= 11 is 0. The van der Waals surface area contributed by atoms with Crippen LogP contribution in [0.25, 0.3) is 10.8 Å². The third kappa shape index (κ3) is 1.64.